The van der Waals surface area contributed by atoms with Gasteiger partial charge in [0.1, 0.15) is 5.82 Å². The van der Waals surface area contributed by atoms with E-state index >= 15 is 0 Å². The first-order valence-corrected chi connectivity index (χ1v) is 8.22. The van der Waals surface area contributed by atoms with Gasteiger partial charge in [0.15, 0.2) is 9.84 Å². The highest BCUT2D eigenvalue weighted by molar-refractivity contribution is 7.91. The summed E-state index contributed by atoms with van der Waals surface area (Å²) in [7, 11) is -2.85. The lowest BCUT2D eigenvalue weighted by Gasteiger charge is -2.33. The zero-order valence-electron chi connectivity index (χ0n) is 11.0. The summed E-state index contributed by atoms with van der Waals surface area (Å²) in [5.41, 5.74) is 0.874. The fraction of sp³-hybridized carbons (Fsp3) is 0.538. The van der Waals surface area contributed by atoms with Gasteiger partial charge in [0.2, 0.25) is 0 Å². The second kappa shape index (κ2) is 5.88. The molecule has 1 fully saturated rings. The van der Waals surface area contributed by atoms with E-state index in [1.54, 1.807) is 12.1 Å². The fourth-order valence-corrected chi connectivity index (χ4v) is 3.90. The standard InChI is InChI=1S/C13H19FN2O2S/c1-11-10-19(17,18)9-8-16(11)7-6-15-13-4-2-12(14)3-5-13/h2-5,11,15H,6-10H2,1H3. The summed E-state index contributed by atoms with van der Waals surface area (Å²) in [6, 6.07) is 6.28. The molecule has 0 amide bonds. The van der Waals surface area contributed by atoms with Gasteiger partial charge in [-0.3, -0.25) is 4.90 Å². The van der Waals surface area contributed by atoms with E-state index in [1.165, 1.54) is 12.1 Å². The van der Waals surface area contributed by atoms with Crippen molar-refractivity contribution in [2.24, 2.45) is 0 Å². The minimum Gasteiger partial charge on any atom is -0.384 e. The van der Waals surface area contributed by atoms with Crippen molar-refractivity contribution in [1.82, 2.24) is 4.90 Å². The van der Waals surface area contributed by atoms with Crippen LogP contribution in [-0.2, 0) is 9.84 Å². The van der Waals surface area contributed by atoms with Crippen LogP contribution in [0.4, 0.5) is 10.1 Å². The molecule has 4 nitrogen and oxygen atoms in total. The number of anilines is 1. The van der Waals surface area contributed by atoms with Crippen LogP contribution in [0.25, 0.3) is 0 Å². The first kappa shape index (κ1) is 14.3. The SMILES string of the molecule is CC1CS(=O)(=O)CCN1CCNc1ccc(F)cc1. The molecule has 0 aromatic heterocycles. The summed E-state index contributed by atoms with van der Waals surface area (Å²) in [4.78, 5) is 2.16. The number of hydrogen-bond acceptors (Lipinski definition) is 4. The van der Waals surface area contributed by atoms with E-state index in [1.807, 2.05) is 6.92 Å². The zero-order valence-corrected chi connectivity index (χ0v) is 11.8. The first-order valence-electron chi connectivity index (χ1n) is 6.40. The van der Waals surface area contributed by atoms with Gasteiger partial charge in [-0.05, 0) is 31.2 Å². The molecule has 0 spiro atoms. The van der Waals surface area contributed by atoms with Gasteiger partial charge in [0.25, 0.3) is 0 Å². The molecule has 6 heteroatoms. The molecule has 0 bridgehead atoms. The summed E-state index contributed by atoms with van der Waals surface area (Å²) in [5, 5.41) is 3.20. The second-order valence-corrected chi connectivity index (χ2v) is 7.16. The Bertz CT molecular complexity index is 516. The summed E-state index contributed by atoms with van der Waals surface area (Å²) in [6.07, 6.45) is 0. The Hall–Kier alpha value is -1.14. The second-order valence-electron chi connectivity index (χ2n) is 4.93. The van der Waals surface area contributed by atoms with Crippen molar-refractivity contribution in [2.45, 2.75) is 13.0 Å². The van der Waals surface area contributed by atoms with Crippen molar-refractivity contribution in [2.75, 3.05) is 36.5 Å². The van der Waals surface area contributed by atoms with Crippen LogP contribution in [0, 0.1) is 5.82 Å². The van der Waals surface area contributed by atoms with E-state index in [-0.39, 0.29) is 23.4 Å². The molecular formula is C13H19FN2O2S. The predicted octanol–water partition coefficient (Wildman–Crippen LogP) is 1.36. The lowest BCUT2D eigenvalue weighted by Crippen LogP contribution is -2.48. The summed E-state index contributed by atoms with van der Waals surface area (Å²) >= 11 is 0. The van der Waals surface area contributed by atoms with Gasteiger partial charge in [-0.2, -0.15) is 0 Å². The highest BCUT2D eigenvalue weighted by Crippen LogP contribution is 2.12. The molecule has 1 atom stereocenters. The Labute approximate surface area is 113 Å². The maximum atomic E-state index is 12.7. The van der Waals surface area contributed by atoms with Crippen molar-refractivity contribution in [1.29, 1.82) is 0 Å². The quantitative estimate of drug-likeness (QED) is 0.908. The molecule has 1 aromatic rings. The molecule has 1 aromatic carbocycles. The molecule has 2 rings (SSSR count). The predicted molar refractivity (Wildman–Crippen MR) is 74.6 cm³/mol. The lowest BCUT2D eigenvalue weighted by molar-refractivity contribution is 0.235. The van der Waals surface area contributed by atoms with Crippen LogP contribution in [0.3, 0.4) is 0 Å². The van der Waals surface area contributed by atoms with Gasteiger partial charge in [-0.1, -0.05) is 0 Å². The van der Waals surface area contributed by atoms with Gasteiger partial charge in [0, 0.05) is 31.4 Å². The van der Waals surface area contributed by atoms with Crippen LogP contribution < -0.4 is 5.32 Å². The molecule has 0 saturated carbocycles. The van der Waals surface area contributed by atoms with Crippen LogP contribution >= 0.6 is 0 Å². The molecule has 1 N–H and O–H groups in total. The number of sulfone groups is 1. The number of nitrogens with one attached hydrogen (secondary N) is 1. The summed E-state index contributed by atoms with van der Waals surface area (Å²) in [6.45, 7) is 4.04. The molecule has 106 valence electrons. The minimum absolute atomic E-state index is 0.0637. The highest BCUT2D eigenvalue weighted by Gasteiger charge is 2.27. The van der Waals surface area contributed by atoms with E-state index in [4.69, 9.17) is 0 Å². The maximum Gasteiger partial charge on any atom is 0.153 e. The van der Waals surface area contributed by atoms with E-state index in [9.17, 15) is 12.8 Å². The normalized spacial score (nSPS) is 23.2. The van der Waals surface area contributed by atoms with Gasteiger partial charge >= 0.3 is 0 Å². The Balaban J connectivity index is 1.78. The molecule has 0 aliphatic carbocycles. The van der Waals surface area contributed by atoms with Crippen molar-refractivity contribution in [3.63, 3.8) is 0 Å². The smallest absolute Gasteiger partial charge is 0.153 e. The summed E-state index contributed by atoms with van der Waals surface area (Å²) < 4.78 is 35.6. The number of halogens is 1. The van der Waals surface area contributed by atoms with E-state index in [2.05, 4.69) is 10.2 Å². The van der Waals surface area contributed by atoms with Crippen molar-refractivity contribution < 1.29 is 12.8 Å². The fourth-order valence-electron chi connectivity index (χ4n) is 2.28. The van der Waals surface area contributed by atoms with E-state index in [0.29, 0.717) is 6.54 Å². The highest BCUT2D eigenvalue weighted by atomic mass is 32.2. The van der Waals surface area contributed by atoms with Gasteiger partial charge in [-0.25, -0.2) is 12.8 Å². The van der Waals surface area contributed by atoms with Crippen LogP contribution in [0.15, 0.2) is 24.3 Å². The Morgan fingerprint density at radius 1 is 1.37 bits per heavy atom. The molecule has 1 unspecified atom stereocenters. The molecule has 1 saturated heterocycles. The summed E-state index contributed by atoms with van der Waals surface area (Å²) in [5.74, 6) is 0.234. The molecular weight excluding hydrogens is 267 g/mol. The zero-order chi connectivity index (χ0) is 13.9. The number of hydrogen-bond donors (Lipinski definition) is 1. The number of nitrogens with zero attached hydrogens (tertiary/aromatic N) is 1. The molecule has 1 heterocycles. The molecule has 1 aliphatic rings. The lowest BCUT2D eigenvalue weighted by atomic mass is 10.3. The molecule has 0 radical (unpaired) electrons. The van der Waals surface area contributed by atoms with Crippen molar-refractivity contribution in [3.8, 4) is 0 Å². The third-order valence-electron chi connectivity index (χ3n) is 3.38. The third kappa shape index (κ3) is 4.18. The monoisotopic (exact) mass is 286 g/mol. The topological polar surface area (TPSA) is 49.4 Å². The van der Waals surface area contributed by atoms with Crippen molar-refractivity contribution >= 4 is 15.5 Å². The Morgan fingerprint density at radius 3 is 2.68 bits per heavy atom. The van der Waals surface area contributed by atoms with E-state index < -0.39 is 9.84 Å². The first-order chi connectivity index (χ1) is 8.96. The molecule has 1 aliphatic heterocycles. The Kier molecular flexibility index (Phi) is 4.42. The van der Waals surface area contributed by atoms with Crippen LogP contribution in [0.5, 0.6) is 0 Å². The Morgan fingerprint density at radius 2 is 2.05 bits per heavy atom. The van der Waals surface area contributed by atoms with Crippen LogP contribution in [0.2, 0.25) is 0 Å². The number of rotatable bonds is 4. The van der Waals surface area contributed by atoms with Gasteiger partial charge < -0.3 is 5.32 Å². The van der Waals surface area contributed by atoms with E-state index in [0.717, 1.165) is 18.8 Å². The average Bonchev–Trinajstić information content (AvgIpc) is 2.34. The largest absolute Gasteiger partial charge is 0.384 e. The third-order valence-corrected chi connectivity index (χ3v) is 5.18. The molecule has 19 heavy (non-hydrogen) atoms. The maximum absolute atomic E-state index is 12.7. The van der Waals surface area contributed by atoms with Crippen molar-refractivity contribution in [3.05, 3.63) is 30.1 Å². The van der Waals surface area contributed by atoms with Gasteiger partial charge in [-0.15, -0.1) is 0 Å². The van der Waals surface area contributed by atoms with Crippen LogP contribution in [-0.4, -0.2) is 50.5 Å². The van der Waals surface area contributed by atoms with Crippen LogP contribution in [0.1, 0.15) is 6.92 Å². The minimum atomic E-state index is -2.85. The number of benzene rings is 1. The van der Waals surface area contributed by atoms with Gasteiger partial charge in [0.05, 0.1) is 11.5 Å². The average molecular weight is 286 g/mol.